The van der Waals surface area contributed by atoms with Crippen LogP contribution >= 0.6 is 11.6 Å². The van der Waals surface area contributed by atoms with Gasteiger partial charge in [-0.1, -0.05) is 11.6 Å². The van der Waals surface area contributed by atoms with Gasteiger partial charge in [0.15, 0.2) is 0 Å². The van der Waals surface area contributed by atoms with Crippen LogP contribution in [-0.4, -0.2) is 36.1 Å². The smallest absolute Gasteiger partial charge is 0.146 e. The highest BCUT2D eigenvalue weighted by atomic mass is 35.5. The van der Waals surface area contributed by atoms with Crippen LogP contribution in [0.3, 0.4) is 0 Å². The minimum absolute atomic E-state index is 0.418. The fourth-order valence-corrected chi connectivity index (χ4v) is 2.39. The first-order valence-corrected chi connectivity index (χ1v) is 6.70. The van der Waals surface area contributed by atoms with Crippen molar-refractivity contribution in [2.75, 3.05) is 31.5 Å². The predicted octanol–water partition coefficient (Wildman–Crippen LogP) is 2.50. The topological polar surface area (TPSA) is 52.0 Å². The molecule has 96 valence electrons. The van der Waals surface area contributed by atoms with Crippen molar-refractivity contribution >= 4 is 17.4 Å². The lowest BCUT2D eigenvalue weighted by molar-refractivity contribution is 0.337. The third-order valence-corrected chi connectivity index (χ3v) is 3.53. The normalized spacial score (nSPS) is 15.6. The average molecular weight is 265 g/mol. The van der Waals surface area contributed by atoms with E-state index in [0.717, 1.165) is 19.5 Å². The quantitative estimate of drug-likeness (QED) is 0.831. The first-order valence-electron chi connectivity index (χ1n) is 6.32. The van der Waals surface area contributed by atoms with Crippen molar-refractivity contribution < 1.29 is 0 Å². The average Bonchev–Trinajstić information content (AvgIpc) is 2.89. The van der Waals surface area contributed by atoms with Crippen LogP contribution in [-0.2, 0) is 0 Å². The van der Waals surface area contributed by atoms with Crippen LogP contribution in [0, 0.1) is 11.3 Å². The van der Waals surface area contributed by atoms with E-state index in [4.69, 9.17) is 16.9 Å². The highest BCUT2D eigenvalue weighted by Gasteiger charge is 2.10. The summed E-state index contributed by atoms with van der Waals surface area (Å²) in [7, 11) is 0. The molecule has 0 spiro atoms. The Kier molecular flexibility index (Phi) is 4.80. The van der Waals surface area contributed by atoms with Crippen LogP contribution in [0.5, 0.6) is 0 Å². The zero-order chi connectivity index (χ0) is 12.8. The van der Waals surface area contributed by atoms with Crippen molar-refractivity contribution in [2.45, 2.75) is 19.3 Å². The van der Waals surface area contributed by atoms with Gasteiger partial charge in [0.05, 0.1) is 5.56 Å². The fourth-order valence-electron chi connectivity index (χ4n) is 2.17. The Balaban J connectivity index is 1.78. The fraction of sp³-hybridized carbons (Fsp3) is 0.538. The number of likely N-dealkylation sites (tertiary alicyclic amines) is 1. The predicted molar refractivity (Wildman–Crippen MR) is 72.7 cm³/mol. The maximum absolute atomic E-state index is 8.86. The van der Waals surface area contributed by atoms with E-state index in [1.165, 1.54) is 25.9 Å². The van der Waals surface area contributed by atoms with Crippen LogP contribution < -0.4 is 5.32 Å². The van der Waals surface area contributed by atoms with Crippen LogP contribution in [0.2, 0.25) is 5.02 Å². The molecule has 1 aliphatic rings. The van der Waals surface area contributed by atoms with Gasteiger partial charge < -0.3 is 10.2 Å². The molecule has 1 aromatic heterocycles. The molecule has 18 heavy (non-hydrogen) atoms. The molecule has 5 heteroatoms. The lowest BCUT2D eigenvalue weighted by Gasteiger charge is -2.14. The summed E-state index contributed by atoms with van der Waals surface area (Å²) in [6, 6.07) is 3.67. The van der Waals surface area contributed by atoms with Gasteiger partial charge in [0.25, 0.3) is 0 Å². The Morgan fingerprint density at radius 2 is 2.22 bits per heavy atom. The number of nitrogens with zero attached hydrogens (tertiary/aromatic N) is 3. The number of nitrogens with one attached hydrogen (secondary N) is 1. The lowest BCUT2D eigenvalue weighted by Crippen LogP contribution is -2.22. The minimum atomic E-state index is 0.418. The summed E-state index contributed by atoms with van der Waals surface area (Å²) in [6.07, 6.45) is 5.32. The number of hydrogen-bond donors (Lipinski definition) is 1. The Hall–Kier alpha value is -1.31. The number of anilines is 1. The lowest BCUT2D eigenvalue weighted by atomic mass is 10.3. The summed E-state index contributed by atoms with van der Waals surface area (Å²) in [5, 5.41) is 12.5. The van der Waals surface area contributed by atoms with E-state index in [0.29, 0.717) is 16.4 Å². The number of hydrogen-bond acceptors (Lipinski definition) is 4. The summed E-state index contributed by atoms with van der Waals surface area (Å²) >= 11 is 6.06. The summed E-state index contributed by atoms with van der Waals surface area (Å²) in [5.74, 6) is 0.608. The molecule has 1 aromatic rings. The van der Waals surface area contributed by atoms with Gasteiger partial charge in [0, 0.05) is 12.7 Å². The molecule has 0 aromatic carbocycles. The molecular formula is C13H17ClN4. The van der Waals surface area contributed by atoms with Crippen LogP contribution in [0.1, 0.15) is 24.8 Å². The van der Waals surface area contributed by atoms with Crippen molar-refractivity contribution in [1.29, 1.82) is 5.26 Å². The van der Waals surface area contributed by atoms with E-state index >= 15 is 0 Å². The molecule has 4 nitrogen and oxygen atoms in total. The van der Waals surface area contributed by atoms with Gasteiger partial charge in [-0.25, -0.2) is 4.98 Å². The van der Waals surface area contributed by atoms with Gasteiger partial charge in [0.1, 0.15) is 16.9 Å². The third-order valence-electron chi connectivity index (χ3n) is 3.15. The van der Waals surface area contributed by atoms with E-state index in [-0.39, 0.29) is 0 Å². The summed E-state index contributed by atoms with van der Waals surface area (Å²) < 4.78 is 0. The zero-order valence-corrected chi connectivity index (χ0v) is 11.1. The van der Waals surface area contributed by atoms with Crippen LogP contribution in [0.4, 0.5) is 5.82 Å². The Morgan fingerprint density at radius 1 is 1.44 bits per heavy atom. The second-order valence-corrected chi connectivity index (χ2v) is 4.84. The molecule has 1 N–H and O–H groups in total. The number of pyridine rings is 1. The van der Waals surface area contributed by atoms with E-state index in [2.05, 4.69) is 21.3 Å². The largest absolute Gasteiger partial charge is 0.369 e. The van der Waals surface area contributed by atoms with E-state index < -0.39 is 0 Å². The first kappa shape index (κ1) is 13.1. The Morgan fingerprint density at radius 3 is 2.94 bits per heavy atom. The minimum Gasteiger partial charge on any atom is -0.369 e. The SMILES string of the molecule is N#Cc1ccnc(NCCCN2CCCC2)c1Cl. The van der Waals surface area contributed by atoms with Crippen molar-refractivity contribution in [3.05, 3.63) is 22.8 Å². The highest BCUT2D eigenvalue weighted by Crippen LogP contribution is 2.22. The van der Waals surface area contributed by atoms with E-state index in [1.54, 1.807) is 12.3 Å². The molecule has 1 saturated heterocycles. The maximum Gasteiger partial charge on any atom is 0.146 e. The molecule has 0 amide bonds. The molecule has 2 rings (SSSR count). The van der Waals surface area contributed by atoms with Crippen molar-refractivity contribution in [2.24, 2.45) is 0 Å². The zero-order valence-electron chi connectivity index (χ0n) is 10.3. The molecule has 0 bridgehead atoms. The molecule has 0 saturated carbocycles. The molecular weight excluding hydrogens is 248 g/mol. The number of halogens is 1. The third kappa shape index (κ3) is 3.34. The summed E-state index contributed by atoms with van der Waals surface area (Å²) in [4.78, 5) is 6.62. The van der Waals surface area contributed by atoms with Crippen molar-refractivity contribution in [3.63, 3.8) is 0 Å². The van der Waals surface area contributed by atoms with E-state index in [9.17, 15) is 0 Å². The van der Waals surface area contributed by atoms with Gasteiger partial charge in [-0.3, -0.25) is 0 Å². The van der Waals surface area contributed by atoms with Gasteiger partial charge in [-0.05, 0) is 45.0 Å². The summed E-state index contributed by atoms with van der Waals surface area (Å²) in [6.45, 7) is 4.40. The number of rotatable bonds is 5. The molecule has 0 radical (unpaired) electrons. The molecule has 1 fully saturated rings. The standard InChI is InChI=1S/C13H17ClN4/c14-12-11(10-15)4-6-17-13(12)16-5-3-9-18-7-1-2-8-18/h4,6H,1-3,5,7-9H2,(H,16,17). The van der Waals surface area contributed by atoms with Gasteiger partial charge in [0.2, 0.25) is 0 Å². The second-order valence-electron chi connectivity index (χ2n) is 4.46. The summed E-state index contributed by atoms with van der Waals surface area (Å²) in [5.41, 5.74) is 0.466. The number of aromatic nitrogens is 1. The molecule has 1 aliphatic heterocycles. The van der Waals surface area contributed by atoms with Crippen molar-refractivity contribution in [3.8, 4) is 6.07 Å². The molecule has 2 heterocycles. The first-order chi connectivity index (χ1) is 8.81. The Bertz CT molecular complexity index is 435. The van der Waals surface area contributed by atoms with Crippen LogP contribution in [0.25, 0.3) is 0 Å². The highest BCUT2D eigenvalue weighted by molar-refractivity contribution is 6.34. The van der Waals surface area contributed by atoms with Crippen LogP contribution in [0.15, 0.2) is 12.3 Å². The second kappa shape index (κ2) is 6.58. The maximum atomic E-state index is 8.86. The molecule has 0 unspecified atom stereocenters. The van der Waals surface area contributed by atoms with Gasteiger partial charge in [-0.2, -0.15) is 5.26 Å². The molecule has 0 aliphatic carbocycles. The van der Waals surface area contributed by atoms with E-state index in [1.807, 2.05) is 0 Å². The van der Waals surface area contributed by atoms with Crippen molar-refractivity contribution in [1.82, 2.24) is 9.88 Å². The number of nitriles is 1. The Labute approximate surface area is 113 Å². The van der Waals surface area contributed by atoms with Gasteiger partial charge >= 0.3 is 0 Å². The monoisotopic (exact) mass is 264 g/mol. The van der Waals surface area contributed by atoms with Gasteiger partial charge in [-0.15, -0.1) is 0 Å². The molecule has 0 atom stereocenters.